The number of hydrogen-bond acceptors (Lipinski definition) is 4. The predicted octanol–water partition coefficient (Wildman–Crippen LogP) is 2.87. The fraction of sp³-hybridized carbons (Fsp3) is 0.545. The molecule has 1 fully saturated rings. The average Bonchev–Trinajstić information content (AvgIpc) is 3.23. The smallest absolute Gasteiger partial charge is 0.191 e. The Hall–Kier alpha value is -1.65. The number of nitrogens with zero attached hydrogens (tertiary/aromatic N) is 4. The lowest BCUT2D eigenvalue weighted by Crippen LogP contribution is -2.40. The number of morpholine rings is 1. The minimum absolute atomic E-state index is 0. The van der Waals surface area contributed by atoms with E-state index in [1.165, 1.54) is 11.1 Å². The third-order valence-electron chi connectivity index (χ3n) is 4.90. The zero-order valence-electron chi connectivity index (χ0n) is 18.1. The summed E-state index contributed by atoms with van der Waals surface area (Å²) in [7, 11) is 0. The maximum Gasteiger partial charge on any atom is 0.191 e. The molecule has 7 nitrogen and oxygen atoms in total. The second-order valence-corrected chi connectivity index (χ2v) is 7.48. The number of guanidine groups is 1. The number of aliphatic imine (C=N–C) groups is 1. The van der Waals surface area contributed by atoms with Crippen molar-refractivity contribution in [3.05, 3.63) is 53.9 Å². The summed E-state index contributed by atoms with van der Waals surface area (Å²) in [5.41, 5.74) is 2.57. The standard InChI is InChI=1S/C22H34N6O.HI/c1-3-23-22(24-9-5-11-28-12-6-10-26-28)25-16-20-7-4-8-21(15-20)18-27-13-14-29-19(2)17-27;/h4,6-8,10,12,15,19H,3,5,9,11,13-14,16-18H2,1-2H3,(H2,23,24,25);1H. The number of aromatic nitrogens is 2. The van der Waals surface area contributed by atoms with Gasteiger partial charge in [0, 0.05) is 51.7 Å². The lowest BCUT2D eigenvalue weighted by Gasteiger charge is -2.31. The summed E-state index contributed by atoms with van der Waals surface area (Å²) >= 11 is 0. The highest BCUT2D eigenvalue weighted by Crippen LogP contribution is 2.12. The highest BCUT2D eigenvalue weighted by Gasteiger charge is 2.16. The van der Waals surface area contributed by atoms with Gasteiger partial charge in [0.25, 0.3) is 0 Å². The van der Waals surface area contributed by atoms with E-state index in [4.69, 9.17) is 9.73 Å². The van der Waals surface area contributed by atoms with E-state index in [2.05, 4.69) is 58.7 Å². The largest absolute Gasteiger partial charge is 0.376 e. The summed E-state index contributed by atoms with van der Waals surface area (Å²) in [6.45, 7) is 11.3. The van der Waals surface area contributed by atoms with Gasteiger partial charge in [-0.1, -0.05) is 24.3 Å². The van der Waals surface area contributed by atoms with Crippen LogP contribution in [0.25, 0.3) is 0 Å². The molecule has 0 aliphatic carbocycles. The van der Waals surface area contributed by atoms with Crippen molar-refractivity contribution in [3.8, 4) is 0 Å². The first-order valence-corrected chi connectivity index (χ1v) is 10.6. The van der Waals surface area contributed by atoms with Crippen LogP contribution in [0.5, 0.6) is 0 Å². The molecule has 2 heterocycles. The highest BCUT2D eigenvalue weighted by molar-refractivity contribution is 14.0. The van der Waals surface area contributed by atoms with Crippen LogP contribution in [0, 0.1) is 0 Å². The van der Waals surface area contributed by atoms with Gasteiger partial charge >= 0.3 is 0 Å². The quantitative estimate of drug-likeness (QED) is 0.228. The molecule has 1 unspecified atom stereocenters. The van der Waals surface area contributed by atoms with E-state index in [0.29, 0.717) is 12.6 Å². The Kier molecular flexibility index (Phi) is 11.2. The van der Waals surface area contributed by atoms with Crippen molar-refractivity contribution < 1.29 is 4.74 Å². The van der Waals surface area contributed by atoms with E-state index < -0.39 is 0 Å². The van der Waals surface area contributed by atoms with Gasteiger partial charge in [-0.3, -0.25) is 9.58 Å². The van der Waals surface area contributed by atoms with Crippen molar-refractivity contribution in [1.29, 1.82) is 0 Å². The first-order valence-electron chi connectivity index (χ1n) is 10.6. The Balaban J connectivity index is 0.00000320. The Labute approximate surface area is 197 Å². The van der Waals surface area contributed by atoms with Gasteiger partial charge in [-0.15, -0.1) is 24.0 Å². The molecule has 0 amide bonds. The molecule has 0 bridgehead atoms. The van der Waals surface area contributed by atoms with E-state index in [9.17, 15) is 0 Å². The highest BCUT2D eigenvalue weighted by atomic mass is 127. The lowest BCUT2D eigenvalue weighted by molar-refractivity contribution is -0.0212. The summed E-state index contributed by atoms with van der Waals surface area (Å²) in [5.74, 6) is 0.861. The van der Waals surface area contributed by atoms with Crippen molar-refractivity contribution in [2.45, 2.75) is 46.0 Å². The monoisotopic (exact) mass is 526 g/mol. The van der Waals surface area contributed by atoms with E-state index in [1.54, 1.807) is 0 Å². The van der Waals surface area contributed by atoms with E-state index in [-0.39, 0.29) is 24.0 Å². The number of ether oxygens (including phenoxy) is 1. The van der Waals surface area contributed by atoms with E-state index in [1.807, 2.05) is 23.1 Å². The summed E-state index contributed by atoms with van der Waals surface area (Å²) < 4.78 is 7.59. The molecule has 2 aromatic rings. The molecule has 166 valence electrons. The zero-order valence-corrected chi connectivity index (χ0v) is 20.4. The van der Waals surface area contributed by atoms with Crippen molar-refractivity contribution >= 4 is 29.9 Å². The number of halogens is 1. The van der Waals surface area contributed by atoms with Crippen LogP contribution in [0.4, 0.5) is 0 Å². The van der Waals surface area contributed by atoms with Crippen molar-refractivity contribution in [2.75, 3.05) is 32.8 Å². The topological polar surface area (TPSA) is 66.7 Å². The molecule has 1 aromatic carbocycles. The first kappa shape index (κ1) is 24.6. The second-order valence-electron chi connectivity index (χ2n) is 7.48. The van der Waals surface area contributed by atoms with E-state index >= 15 is 0 Å². The molecule has 2 N–H and O–H groups in total. The maximum absolute atomic E-state index is 5.64. The van der Waals surface area contributed by atoms with Crippen molar-refractivity contribution in [1.82, 2.24) is 25.3 Å². The molecule has 1 atom stereocenters. The molecule has 1 aliphatic heterocycles. The van der Waals surface area contributed by atoms with Crippen LogP contribution >= 0.6 is 24.0 Å². The molecular weight excluding hydrogens is 491 g/mol. The zero-order chi connectivity index (χ0) is 20.3. The van der Waals surface area contributed by atoms with Gasteiger partial charge in [-0.25, -0.2) is 4.99 Å². The molecule has 30 heavy (non-hydrogen) atoms. The Bertz CT molecular complexity index is 752. The summed E-state index contributed by atoms with van der Waals surface area (Å²) in [6.07, 6.45) is 5.12. The number of rotatable bonds is 9. The second kappa shape index (κ2) is 13.6. The van der Waals surface area contributed by atoms with Gasteiger partial charge in [0.05, 0.1) is 19.3 Å². The molecular formula is C22H35IN6O. The molecule has 8 heteroatoms. The molecule has 3 rings (SSSR count). The lowest BCUT2D eigenvalue weighted by atomic mass is 10.1. The maximum atomic E-state index is 5.64. The van der Waals surface area contributed by atoms with Gasteiger partial charge in [-0.2, -0.15) is 5.10 Å². The number of nitrogens with one attached hydrogen (secondary N) is 2. The predicted molar refractivity (Wildman–Crippen MR) is 132 cm³/mol. The average molecular weight is 526 g/mol. The fourth-order valence-electron chi connectivity index (χ4n) is 3.51. The Morgan fingerprint density at radius 1 is 1.27 bits per heavy atom. The van der Waals surface area contributed by atoms with E-state index in [0.717, 1.165) is 58.3 Å². The van der Waals surface area contributed by atoms with Gasteiger partial charge in [0.2, 0.25) is 0 Å². The normalized spacial score (nSPS) is 17.4. The molecule has 1 aromatic heterocycles. The third kappa shape index (κ3) is 8.61. The van der Waals surface area contributed by atoms with Crippen molar-refractivity contribution in [2.24, 2.45) is 4.99 Å². The number of benzene rings is 1. The SMILES string of the molecule is CCNC(=NCc1cccc(CN2CCOC(C)C2)c1)NCCCn1cccn1.I. The van der Waals surface area contributed by atoms with Crippen LogP contribution in [0.1, 0.15) is 31.4 Å². The minimum Gasteiger partial charge on any atom is -0.376 e. The summed E-state index contributed by atoms with van der Waals surface area (Å²) in [4.78, 5) is 7.22. The van der Waals surface area contributed by atoms with Crippen LogP contribution < -0.4 is 10.6 Å². The summed E-state index contributed by atoms with van der Waals surface area (Å²) in [6, 6.07) is 10.7. The van der Waals surface area contributed by atoms with Crippen LogP contribution in [-0.4, -0.2) is 59.5 Å². The molecule has 0 spiro atoms. The van der Waals surface area contributed by atoms with Crippen LogP contribution in [0.3, 0.4) is 0 Å². The Morgan fingerprint density at radius 2 is 2.13 bits per heavy atom. The third-order valence-corrected chi connectivity index (χ3v) is 4.90. The molecule has 0 saturated carbocycles. The van der Waals surface area contributed by atoms with Gasteiger partial charge < -0.3 is 15.4 Å². The number of hydrogen-bond donors (Lipinski definition) is 2. The number of aryl methyl sites for hydroxylation is 1. The Morgan fingerprint density at radius 3 is 2.90 bits per heavy atom. The van der Waals surface area contributed by atoms with Crippen LogP contribution in [0.15, 0.2) is 47.7 Å². The summed E-state index contributed by atoms with van der Waals surface area (Å²) in [5, 5.41) is 11.0. The van der Waals surface area contributed by atoms with Crippen LogP contribution in [0.2, 0.25) is 0 Å². The minimum atomic E-state index is 0. The van der Waals surface area contributed by atoms with Crippen molar-refractivity contribution in [3.63, 3.8) is 0 Å². The molecule has 1 aliphatic rings. The van der Waals surface area contributed by atoms with Gasteiger partial charge in [0.15, 0.2) is 5.96 Å². The first-order chi connectivity index (χ1) is 14.2. The molecule has 1 saturated heterocycles. The molecule has 0 radical (unpaired) electrons. The van der Waals surface area contributed by atoms with Gasteiger partial charge in [-0.05, 0) is 37.5 Å². The van der Waals surface area contributed by atoms with Crippen LogP contribution in [-0.2, 0) is 24.4 Å². The fourth-order valence-corrected chi connectivity index (χ4v) is 3.51. The van der Waals surface area contributed by atoms with Gasteiger partial charge in [0.1, 0.15) is 0 Å².